The highest BCUT2D eigenvalue weighted by Crippen LogP contribution is 2.24. The fourth-order valence-electron chi connectivity index (χ4n) is 3.86. The quantitative estimate of drug-likeness (QED) is 0.572. The van der Waals surface area contributed by atoms with E-state index in [0.29, 0.717) is 49.2 Å². The summed E-state index contributed by atoms with van der Waals surface area (Å²) in [6.07, 6.45) is -0.629. The molecular formula is C25H27N5O3. The van der Waals surface area contributed by atoms with E-state index in [-0.39, 0.29) is 11.9 Å². The molecule has 0 spiro atoms. The van der Waals surface area contributed by atoms with Crippen LogP contribution in [0.25, 0.3) is 11.4 Å². The number of aromatic nitrogens is 2. The summed E-state index contributed by atoms with van der Waals surface area (Å²) in [5.74, 6) is 1.60. The maximum absolute atomic E-state index is 12.9. The van der Waals surface area contributed by atoms with E-state index >= 15 is 0 Å². The molecule has 1 aliphatic heterocycles. The number of carbonyl (C=O) groups is 1. The number of nitrogens with zero attached hydrogens (tertiary/aromatic N) is 5. The summed E-state index contributed by atoms with van der Waals surface area (Å²) in [6, 6.07) is 16.9. The van der Waals surface area contributed by atoms with Crippen LogP contribution >= 0.6 is 0 Å². The summed E-state index contributed by atoms with van der Waals surface area (Å²) in [4.78, 5) is 21.5. The lowest BCUT2D eigenvalue weighted by Crippen LogP contribution is -2.52. The van der Waals surface area contributed by atoms with Crippen LogP contribution in [0.4, 0.5) is 0 Å². The topological polar surface area (TPSA) is 95.5 Å². The van der Waals surface area contributed by atoms with Crippen LogP contribution in [0.2, 0.25) is 0 Å². The number of rotatable bonds is 6. The Morgan fingerprint density at radius 3 is 2.55 bits per heavy atom. The van der Waals surface area contributed by atoms with E-state index in [2.05, 4.69) is 21.1 Å². The summed E-state index contributed by atoms with van der Waals surface area (Å²) < 4.78 is 11.3. The normalized spacial score (nSPS) is 16.1. The second-order valence-electron chi connectivity index (χ2n) is 8.26. The number of hydrogen-bond donors (Lipinski definition) is 0. The average Bonchev–Trinajstić information content (AvgIpc) is 3.34. The van der Waals surface area contributed by atoms with Gasteiger partial charge in [-0.05, 0) is 39.0 Å². The minimum absolute atomic E-state index is 0.0451. The lowest BCUT2D eigenvalue weighted by Gasteiger charge is -2.37. The van der Waals surface area contributed by atoms with Gasteiger partial charge < -0.3 is 14.2 Å². The molecule has 1 amide bonds. The minimum Gasteiger partial charge on any atom is -0.481 e. The van der Waals surface area contributed by atoms with Crippen LogP contribution in [0, 0.1) is 18.3 Å². The molecule has 0 bridgehead atoms. The summed E-state index contributed by atoms with van der Waals surface area (Å²) in [5, 5.41) is 13.2. The van der Waals surface area contributed by atoms with Crippen LogP contribution in [0.1, 0.15) is 36.9 Å². The average molecular weight is 446 g/mol. The standard InChI is InChI=1S/C25H27N5O3/c1-17-7-9-21(10-8-17)23-27-24(33-28-23)18(2)29-11-13-30(14-12-29)25(31)19(3)32-22-6-4-5-20(15-22)16-26/h4-10,15,18-19H,11-14H2,1-3H3. The smallest absolute Gasteiger partial charge is 0.263 e. The van der Waals surface area contributed by atoms with Gasteiger partial charge in [-0.1, -0.05) is 41.1 Å². The molecule has 8 heteroatoms. The predicted molar refractivity (Wildman–Crippen MR) is 122 cm³/mol. The highest BCUT2D eigenvalue weighted by atomic mass is 16.5. The van der Waals surface area contributed by atoms with Gasteiger partial charge in [0.2, 0.25) is 11.7 Å². The second kappa shape index (κ2) is 9.84. The van der Waals surface area contributed by atoms with Crippen molar-refractivity contribution in [2.45, 2.75) is 32.9 Å². The molecule has 8 nitrogen and oxygen atoms in total. The Hall–Kier alpha value is -3.70. The number of nitriles is 1. The zero-order chi connectivity index (χ0) is 23.4. The van der Waals surface area contributed by atoms with E-state index < -0.39 is 6.10 Å². The largest absolute Gasteiger partial charge is 0.481 e. The van der Waals surface area contributed by atoms with Crippen molar-refractivity contribution in [1.82, 2.24) is 19.9 Å². The van der Waals surface area contributed by atoms with Gasteiger partial charge >= 0.3 is 0 Å². The molecule has 1 saturated heterocycles. The van der Waals surface area contributed by atoms with Gasteiger partial charge in [0.1, 0.15) is 5.75 Å². The second-order valence-corrected chi connectivity index (χ2v) is 8.26. The van der Waals surface area contributed by atoms with Crippen molar-refractivity contribution in [3.05, 3.63) is 65.5 Å². The van der Waals surface area contributed by atoms with Crippen molar-refractivity contribution in [2.75, 3.05) is 26.2 Å². The third-order valence-corrected chi connectivity index (χ3v) is 5.91. The highest BCUT2D eigenvalue weighted by Gasteiger charge is 2.30. The van der Waals surface area contributed by atoms with E-state index in [1.54, 1.807) is 31.2 Å². The molecule has 1 fully saturated rings. The number of ether oxygens (including phenoxy) is 1. The SMILES string of the molecule is Cc1ccc(-c2noc(C(C)N3CCN(C(=O)C(C)Oc4cccc(C#N)c4)CC3)n2)cc1. The molecule has 1 aromatic heterocycles. The number of amides is 1. The first-order chi connectivity index (χ1) is 15.9. The van der Waals surface area contributed by atoms with Crippen molar-refractivity contribution in [2.24, 2.45) is 0 Å². The molecule has 170 valence electrons. The van der Waals surface area contributed by atoms with Crippen molar-refractivity contribution >= 4 is 5.91 Å². The molecule has 0 saturated carbocycles. The maximum Gasteiger partial charge on any atom is 0.263 e. The van der Waals surface area contributed by atoms with Crippen molar-refractivity contribution in [3.63, 3.8) is 0 Å². The Kier molecular flexibility index (Phi) is 6.71. The fraction of sp³-hybridized carbons (Fsp3) is 0.360. The van der Waals surface area contributed by atoms with Crippen molar-refractivity contribution in [1.29, 1.82) is 5.26 Å². The molecule has 4 rings (SSSR count). The maximum atomic E-state index is 12.9. The molecule has 0 N–H and O–H groups in total. The molecular weight excluding hydrogens is 418 g/mol. The molecule has 2 unspecified atom stereocenters. The summed E-state index contributed by atoms with van der Waals surface area (Å²) in [5.41, 5.74) is 2.60. The fourth-order valence-corrected chi connectivity index (χ4v) is 3.86. The number of aryl methyl sites for hydroxylation is 1. The predicted octanol–water partition coefficient (Wildman–Crippen LogP) is 3.59. The third kappa shape index (κ3) is 5.21. The summed E-state index contributed by atoms with van der Waals surface area (Å²) in [6.45, 7) is 8.40. The first-order valence-corrected chi connectivity index (χ1v) is 11.0. The highest BCUT2D eigenvalue weighted by molar-refractivity contribution is 5.81. The molecule has 33 heavy (non-hydrogen) atoms. The van der Waals surface area contributed by atoms with Crippen LogP contribution in [0.3, 0.4) is 0 Å². The summed E-state index contributed by atoms with van der Waals surface area (Å²) >= 11 is 0. The zero-order valence-corrected chi connectivity index (χ0v) is 19.1. The Morgan fingerprint density at radius 1 is 1.12 bits per heavy atom. The van der Waals surface area contributed by atoms with Gasteiger partial charge in [-0.15, -0.1) is 0 Å². The molecule has 1 aliphatic rings. The lowest BCUT2D eigenvalue weighted by atomic mass is 10.1. The minimum atomic E-state index is -0.629. The Morgan fingerprint density at radius 2 is 1.85 bits per heavy atom. The van der Waals surface area contributed by atoms with E-state index in [0.717, 1.165) is 5.56 Å². The third-order valence-electron chi connectivity index (χ3n) is 5.91. The van der Waals surface area contributed by atoms with Crippen LogP contribution in [-0.2, 0) is 4.79 Å². The lowest BCUT2D eigenvalue weighted by molar-refractivity contribution is -0.140. The Balaban J connectivity index is 1.32. The Labute approximate surface area is 193 Å². The van der Waals surface area contributed by atoms with Crippen LogP contribution in [0.5, 0.6) is 5.75 Å². The molecule has 3 aromatic rings. The van der Waals surface area contributed by atoms with Gasteiger partial charge in [-0.25, -0.2) is 0 Å². The zero-order valence-electron chi connectivity index (χ0n) is 19.1. The van der Waals surface area contributed by atoms with E-state index in [1.165, 1.54) is 5.56 Å². The van der Waals surface area contributed by atoms with Gasteiger partial charge in [0.25, 0.3) is 5.91 Å². The molecule has 2 heterocycles. The van der Waals surface area contributed by atoms with Gasteiger partial charge in [0.15, 0.2) is 6.10 Å². The number of benzene rings is 2. The number of hydrogen-bond acceptors (Lipinski definition) is 7. The molecule has 0 radical (unpaired) electrons. The monoisotopic (exact) mass is 445 g/mol. The molecule has 2 aromatic carbocycles. The van der Waals surface area contributed by atoms with Crippen LogP contribution < -0.4 is 4.74 Å². The first-order valence-electron chi connectivity index (χ1n) is 11.0. The van der Waals surface area contributed by atoms with Crippen LogP contribution in [0.15, 0.2) is 53.1 Å². The van der Waals surface area contributed by atoms with Crippen LogP contribution in [-0.4, -0.2) is 58.1 Å². The van der Waals surface area contributed by atoms with Crippen molar-refractivity contribution in [3.8, 4) is 23.2 Å². The molecule has 0 aliphatic carbocycles. The van der Waals surface area contributed by atoms with Gasteiger partial charge in [0, 0.05) is 31.7 Å². The van der Waals surface area contributed by atoms with E-state index in [1.807, 2.05) is 43.0 Å². The van der Waals surface area contributed by atoms with E-state index in [9.17, 15) is 4.79 Å². The Bertz CT molecular complexity index is 1140. The van der Waals surface area contributed by atoms with Gasteiger partial charge in [-0.3, -0.25) is 9.69 Å². The number of piperazine rings is 1. The summed E-state index contributed by atoms with van der Waals surface area (Å²) in [7, 11) is 0. The van der Waals surface area contributed by atoms with Crippen molar-refractivity contribution < 1.29 is 14.1 Å². The van der Waals surface area contributed by atoms with E-state index in [4.69, 9.17) is 14.5 Å². The molecule has 2 atom stereocenters. The van der Waals surface area contributed by atoms with Gasteiger partial charge in [-0.2, -0.15) is 10.2 Å². The first kappa shape index (κ1) is 22.5. The van der Waals surface area contributed by atoms with Gasteiger partial charge in [0.05, 0.1) is 17.7 Å². The number of carbonyl (C=O) groups excluding carboxylic acids is 1.